The van der Waals surface area contributed by atoms with E-state index in [9.17, 15) is 0 Å². The summed E-state index contributed by atoms with van der Waals surface area (Å²) in [6.45, 7) is 15.0. The zero-order chi connectivity index (χ0) is 15.2. The van der Waals surface area contributed by atoms with Crippen molar-refractivity contribution in [2.24, 2.45) is 17.8 Å². The van der Waals surface area contributed by atoms with E-state index >= 15 is 0 Å². The molecule has 2 heteroatoms. The van der Waals surface area contributed by atoms with Gasteiger partial charge in [0.05, 0.1) is 0 Å². The summed E-state index contributed by atoms with van der Waals surface area (Å²) in [5.41, 5.74) is 2.96. The first-order valence-electron chi connectivity index (χ1n) is 8.56. The molecule has 0 amide bonds. The van der Waals surface area contributed by atoms with Gasteiger partial charge in [0.1, 0.15) is 0 Å². The van der Waals surface area contributed by atoms with Gasteiger partial charge in [0, 0.05) is 19.6 Å². The number of hydrogen-bond donors (Lipinski definition) is 1. The first-order chi connectivity index (χ1) is 10.1. The molecule has 0 bridgehead atoms. The van der Waals surface area contributed by atoms with Crippen molar-refractivity contribution in [1.82, 2.24) is 10.2 Å². The summed E-state index contributed by atoms with van der Waals surface area (Å²) < 4.78 is 0. The van der Waals surface area contributed by atoms with Crippen molar-refractivity contribution in [3.05, 3.63) is 35.4 Å². The predicted molar refractivity (Wildman–Crippen MR) is 91.2 cm³/mol. The Bertz CT molecular complexity index is 427. The van der Waals surface area contributed by atoms with Crippen molar-refractivity contribution >= 4 is 0 Å². The van der Waals surface area contributed by atoms with E-state index in [0.717, 1.165) is 31.5 Å². The molecule has 2 nitrogen and oxygen atoms in total. The lowest BCUT2D eigenvalue weighted by Gasteiger charge is -2.35. The van der Waals surface area contributed by atoms with Gasteiger partial charge in [-0.05, 0) is 48.4 Å². The maximum absolute atomic E-state index is 3.58. The first kappa shape index (κ1) is 16.5. The number of likely N-dealkylation sites (tertiary alicyclic amines) is 1. The molecule has 1 aromatic carbocycles. The van der Waals surface area contributed by atoms with Crippen LogP contribution in [0.25, 0.3) is 0 Å². The Balaban J connectivity index is 1.93. The van der Waals surface area contributed by atoms with Crippen molar-refractivity contribution in [2.45, 2.75) is 47.2 Å². The van der Waals surface area contributed by atoms with Crippen molar-refractivity contribution in [3.63, 3.8) is 0 Å². The summed E-state index contributed by atoms with van der Waals surface area (Å²) in [4.78, 5) is 2.63. The summed E-state index contributed by atoms with van der Waals surface area (Å²) >= 11 is 0. The molecule has 0 spiro atoms. The second-order valence-corrected chi connectivity index (χ2v) is 7.27. The SMILES string of the molecule is CC(C)CNCc1ccccc1CN1CCC(C)C(C)C1. The normalized spacial score (nSPS) is 23.7. The third-order valence-corrected chi connectivity index (χ3v) is 4.80. The van der Waals surface area contributed by atoms with Crippen LogP contribution in [0.3, 0.4) is 0 Å². The molecule has 2 unspecified atom stereocenters. The van der Waals surface area contributed by atoms with Gasteiger partial charge >= 0.3 is 0 Å². The van der Waals surface area contributed by atoms with Gasteiger partial charge in [-0.2, -0.15) is 0 Å². The second-order valence-electron chi connectivity index (χ2n) is 7.27. The van der Waals surface area contributed by atoms with Crippen LogP contribution in [0.1, 0.15) is 45.2 Å². The van der Waals surface area contributed by atoms with Crippen LogP contribution in [0, 0.1) is 17.8 Å². The maximum Gasteiger partial charge on any atom is 0.0237 e. The highest BCUT2D eigenvalue weighted by molar-refractivity contribution is 5.27. The molecule has 1 fully saturated rings. The largest absolute Gasteiger partial charge is 0.312 e. The number of benzene rings is 1. The van der Waals surface area contributed by atoms with E-state index in [0.29, 0.717) is 5.92 Å². The zero-order valence-electron chi connectivity index (χ0n) is 14.2. The number of nitrogens with zero attached hydrogens (tertiary/aromatic N) is 1. The van der Waals surface area contributed by atoms with Crippen LogP contribution in [-0.4, -0.2) is 24.5 Å². The van der Waals surface area contributed by atoms with Gasteiger partial charge in [-0.1, -0.05) is 52.0 Å². The van der Waals surface area contributed by atoms with E-state index in [1.54, 1.807) is 0 Å². The highest BCUT2D eigenvalue weighted by Gasteiger charge is 2.22. The Morgan fingerprint density at radius 1 is 1.14 bits per heavy atom. The zero-order valence-corrected chi connectivity index (χ0v) is 14.2. The lowest BCUT2D eigenvalue weighted by Crippen LogP contribution is -2.38. The highest BCUT2D eigenvalue weighted by Crippen LogP contribution is 2.24. The number of piperidine rings is 1. The van der Waals surface area contributed by atoms with Crippen LogP contribution in [0.5, 0.6) is 0 Å². The van der Waals surface area contributed by atoms with Gasteiger partial charge in [0.25, 0.3) is 0 Å². The maximum atomic E-state index is 3.58. The minimum Gasteiger partial charge on any atom is -0.312 e. The van der Waals surface area contributed by atoms with Crippen molar-refractivity contribution in [2.75, 3.05) is 19.6 Å². The molecule has 1 aromatic rings. The van der Waals surface area contributed by atoms with Crippen LogP contribution in [0.15, 0.2) is 24.3 Å². The molecule has 2 rings (SSSR count). The standard InChI is InChI=1S/C19H32N2/c1-15(2)11-20-12-18-7-5-6-8-19(18)14-21-10-9-16(3)17(4)13-21/h5-8,15-17,20H,9-14H2,1-4H3. The van der Waals surface area contributed by atoms with E-state index in [1.807, 2.05) is 0 Å². The number of hydrogen-bond acceptors (Lipinski definition) is 2. The van der Waals surface area contributed by atoms with Crippen LogP contribution in [0.4, 0.5) is 0 Å². The molecule has 21 heavy (non-hydrogen) atoms. The monoisotopic (exact) mass is 288 g/mol. The molecule has 1 heterocycles. The molecule has 0 aliphatic carbocycles. The van der Waals surface area contributed by atoms with E-state index in [2.05, 4.69) is 62.2 Å². The van der Waals surface area contributed by atoms with Crippen LogP contribution < -0.4 is 5.32 Å². The number of rotatable bonds is 6. The molecule has 1 N–H and O–H groups in total. The summed E-state index contributed by atoms with van der Waals surface area (Å²) in [6, 6.07) is 8.92. The Labute approximate surface area is 130 Å². The third kappa shape index (κ3) is 5.12. The van der Waals surface area contributed by atoms with Crippen molar-refractivity contribution in [1.29, 1.82) is 0 Å². The Kier molecular flexibility index (Phi) is 6.25. The van der Waals surface area contributed by atoms with Gasteiger partial charge in [-0.15, -0.1) is 0 Å². The van der Waals surface area contributed by atoms with Crippen LogP contribution in [0.2, 0.25) is 0 Å². The molecule has 0 saturated carbocycles. The molecule has 0 radical (unpaired) electrons. The predicted octanol–water partition coefficient (Wildman–Crippen LogP) is 3.91. The summed E-state index contributed by atoms with van der Waals surface area (Å²) in [5.74, 6) is 2.41. The van der Waals surface area contributed by atoms with Gasteiger partial charge in [0.15, 0.2) is 0 Å². The molecule has 0 aromatic heterocycles. The van der Waals surface area contributed by atoms with Crippen LogP contribution in [-0.2, 0) is 13.1 Å². The second kappa shape index (κ2) is 7.95. The minimum absolute atomic E-state index is 0.710. The van der Waals surface area contributed by atoms with E-state index in [-0.39, 0.29) is 0 Å². The highest BCUT2D eigenvalue weighted by atomic mass is 15.1. The molecular formula is C19H32N2. The average Bonchev–Trinajstić information content (AvgIpc) is 2.44. The fourth-order valence-corrected chi connectivity index (χ4v) is 3.11. The quantitative estimate of drug-likeness (QED) is 0.854. The Morgan fingerprint density at radius 3 is 2.52 bits per heavy atom. The summed E-state index contributed by atoms with van der Waals surface area (Å²) in [5, 5.41) is 3.58. The lowest BCUT2D eigenvalue weighted by atomic mass is 9.88. The van der Waals surface area contributed by atoms with Gasteiger partial charge in [-0.3, -0.25) is 4.90 Å². The fraction of sp³-hybridized carbons (Fsp3) is 0.684. The Morgan fingerprint density at radius 2 is 1.86 bits per heavy atom. The van der Waals surface area contributed by atoms with E-state index in [1.165, 1.54) is 30.6 Å². The Hall–Kier alpha value is -0.860. The molecule has 1 aliphatic heterocycles. The minimum atomic E-state index is 0.710. The summed E-state index contributed by atoms with van der Waals surface area (Å²) in [7, 11) is 0. The first-order valence-corrected chi connectivity index (χ1v) is 8.56. The third-order valence-electron chi connectivity index (χ3n) is 4.80. The van der Waals surface area contributed by atoms with E-state index < -0.39 is 0 Å². The van der Waals surface area contributed by atoms with Crippen LogP contribution >= 0.6 is 0 Å². The molecule has 1 saturated heterocycles. The van der Waals surface area contributed by atoms with Gasteiger partial charge < -0.3 is 5.32 Å². The smallest absolute Gasteiger partial charge is 0.0237 e. The lowest BCUT2D eigenvalue weighted by molar-refractivity contribution is 0.132. The van der Waals surface area contributed by atoms with E-state index in [4.69, 9.17) is 0 Å². The summed E-state index contributed by atoms with van der Waals surface area (Å²) in [6.07, 6.45) is 1.34. The number of nitrogens with one attached hydrogen (secondary N) is 1. The topological polar surface area (TPSA) is 15.3 Å². The molecule has 118 valence electrons. The molecule has 2 atom stereocenters. The molecular weight excluding hydrogens is 256 g/mol. The fourth-order valence-electron chi connectivity index (χ4n) is 3.11. The van der Waals surface area contributed by atoms with Gasteiger partial charge in [-0.25, -0.2) is 0 Å². The average molecular weight is 288 g/mol. The van der Waals surface area contributed by atoms with Crippen molar-refractivity contribution in [3.8, 4) is 0 Å². The van der Waals surface area contributed by atoms with Gasteiger partial charge in [0.2, 0.25) is 0 Å². The van der Waals surface area contributed by atoms with Crippen molar-refractivity contribution < 1.29 is 0 Å². The molecule has 1 aliphatic rings.